The molecule has 0 aliphatic carbocycles. The first-order valence-corrected chi connectivity index (χ1v) is 7.26. The van der Waals surface area contributed by atoms with Crippen LogP contribution in [0.15, 0.2) is 0 Å². The molecule has 18 heavy (non-hydrogen) atoms. The Morgan fingerprint density at radius 1 is 0.944 bits per heavy atom. The molecule has 0 aromatic rings. The smallest absolute Gasteiger partial charge is 0.0793 e. The first-order chi connectivity index (χ1) is 8.74. The van der Waals surface area contributed by atoms with E-state index >= 15 is 0 Å². The lowest BCUT2D eigenvalue weighted by atomic mass is 10.2. The molecule has 0 spiro atoms. The average molecular weight is 256 g/mol. The van der Waals surface area contributed by atoms with E-state index in [4.69, 9.17) is 0 Å². The van der Waals surface area contributed by atoms with Gasteiger partial charge in [0.25, 0.3) is 0 Å². The Hall–Kier alpha value is -0.200. The summed E-state index contributed by atoms with van der Waals surface area (Å²) < 4.78 is 0. The molecular formula is C13H28N4O. The monoisotopic (exact) mass is 256 g/mol. The molecule has 0 radical (unpaired) electrons. The van der Waals surface area contributed by atoms with Crippen LogP contribution >= 0.6 is 0 Å². The third-order valence-corrected chi connectivity index (χ3v) is 3.97. The standard InChI is InChI=1S/C13H28N4O/c1-15-7-9-17(10-8-15)12-13(18)11-16-5-2-3-14-4-6-16/h13-14,18H,2-12H2,1H3/t13-/m1/s1. The van der Waals surface area contributed by atoms with Gasteiger partial charge in [-0.15, -0.1) is 0 Å². The lowest BCUT2D eigenvalue weighted by molar-refractivity contribution is 0.0566. The van der Waals surface area contributed by atoms with Crippen LogP contribution in [0.1, 0.15) is 6.42 Å². The quantitative estimate of drug-likeness (QED) is 0.668. The molecule has 0 saturated carbocycles. The van der Waals surface area contributed by atoms with Gasteiger partial charge in [-0.1, -0.05) is 0 Å². The second-order valence-electron chi connectivity index (χ2n) is 5.66. The summed E-state index contributed by atoms with van der Waals surface area (Å²) in [6, 6.07) is 0. The zero-order chi connectivity index (χ0) is 12.8. The normalized spacial score (nSPS) is 27.0. The molecule has 2 rings (SSSR count). The Balaban J connectivity index is 1.66. The molecule has 0 unspecified atom stereocenters. The van der Waals surface area contributed by atoms with Gasteiger partial charge in [-0.05, 0) is 26.6 Å². The van der Waals surface area contributed by atoms with Gasteiger partial charge in [-0.25, -0.2) is 0 Å². The lowest BCUT2D eigenvalue weighted by Crippen LogP contribution is -2.49. The van der Waals surface area contributed by atoms with E-state index in [1.807, 2.05) is 0 Å². The number of aliphatic hydroxyl groups is 1. The van der Waals surface area contributed by atoms with Crippen LogP contribution in [0.3, 0.4) is 0 Å². The molecule has 0 aromatic carbocycles. The number of rotatable bonds is 4. The second kappa shape index (κ2) is 7.40. The van der Waals surface area contributed by atoms with Crippen molar-refractivity contribution in [2.24, 2.45) is 0 Å². The molecule has 2 fully saturated rings. The number of piperazine rings is 1. The van der Waals surface area contributed by atoms with Crippen molar-refractivity contribution in [2.75, 3.05) is 72.5 Å². The minimum Gasteiger partial charge on any atom is -0.390 e. The van der Waals surface area contributed by atoms with E-state index < -0.39 is 0 Å². The van der Waals surface area contributed by atoms with Crippen LogP contribution in [-0.4, -0.2) is 98.4 Å². The second-order valence-corrected chi connectivity index (χ2v) is 5.66. The summed E-state index contributed by atoms with van der Waals surface area (Å²) in [5.74, 6) is 0. The number of nitrogens with zero attached hydrogens (tertiary/aromatic N) is 3. The summed E-state index contributed by atoms with van der Waals surface area (Å²) in [7, 11) is 2.16. The first kappa shape index (κ1) is 14.2. The third kappa shape index (κ3) is 4.82. The van der Waals surface area contributed by atoms with Gasteiger partial charge in [0.2, 0.25) is 0 Å². The van der Waals surface area contributed by atoms with Crippen LogP contribution in [0.5, 0.6) is 0 Å². The fourth-order valence-corrected chi connectivity index (χ4v) is 2.77. The number of β-amino-alcohol motifs (C(OH)–C–C–N with tert-alkyl or cyclic N) is 1. The van der Waals surface area contributed by atoms with Crippen molar-refractivity contribution in [1.82, 2.24) is 20.0 Å². The molecule has 5 nitrogen and oxygen atoms in total. The highest BCUT2D eigenvalue weighted by molar-refractivity contribution is 4.75. The fourth-order valence-electron chi connectivity index (χ4n) is 2.77. The molecular weight excluding hydrogens is 228 g/mol. The molecule has 2 aliphatic heterocycles. The highest BCUT2D eigenvalue weighted by Crippen LogP contribution is 2.03. The van der Waals surface area contributed by atoms with E-state index in [0.717, 1.165) is 65.4 Å². The van der Waals surface area contributed by atoms with E-state index in [1.54, 1.807) is 0 Å². The van der Waals surface area contributed by atoms with Gasteiger partial charge in [-0.3, -0.25) is 9.80 Å². The van der Waals surface area contributed by atoms with Crippen LogP contribution in [-0.2, 0) is 0 Å². The van der Waals surface area contributed by atoms with E-state index in [1.165, 1.54) is 6.42 Å². The molecule has 2 aliphatic rings. The molecule has 0 aromatic heterocycles. The highest BCUT2D eigenvalue weighted by Gasteiger charge is 2.19. The van der Waals surface area contributed by atoms with Crippen LogP contribution in [0.4, 0.5) is 0 Å². The Kier molecular flexibility index (Phi) is 5.85. The van der Waals surface area contributed by atoms with Gasteiger partial charge in [-0.2, -0.15) is 0 Å². The van der Waals surface area contributed by atoms with Crippen molar-refractivity contribution in [2.45, 2.75) is 12.5 Å². The minimum absolute atomic E-state index is 0.202. The lowest BCUT2D eigenvalue weighted by Gasteiger charge is -2.34. The Labute approximate surface area is 111 Å². The molecule has 2 N–H and O–H groups in total. The number of nitrogens with one attached hydrogen (secondary N) is 1. The zero-order valence-corrected chi connectivity index (χ0v) is 11.6. The Morgan fingerprint density at radius 2 is 1.61 bits per heavy atom. The maximum atomic E-state index is 10.2. The Morgan fingerprint density at radius 3 is 2.33 bits per heavy atom. The van der Waals surface area contributed by atoms with E-state index in [0.29, 0.717) is 0 Å². The summed E-state index contributed by atoms with van der Waals surface area (Å²) in [5.41, 5.74) is 0. The number of hydrogen-bond acceptors (Lipinski definition) is 5. The van der Waals surface area contributed by atoms with Gasteiger partial charge >= 0.3 is 0 Å². The predicted octanol–water partition coefficient (Wildman–Crippen LogP) is -1.11. The van der Waals surface area contributed by atoms with E-state index in [2.05, 4.69) is 27.1 Å². The van der Waals surface area contributed by atoms with Crippen molar-refractivity contribution in [3.63, 3.8) is 0 Å². The van der Waals surface area contributed by atoms with Crippen LogP contribution in [0.25, 0.3) is 0 Å². The summed E-state index contributed by atoms with van der Waals surface area (Å²) in [5, 5.41) is 13.6. The molecule has 2 heterocycles. The van der Waals surface area contributed by atoms with Gasteiger partial charge < -0.3 is 15.3 Å². The van der Waals surface area contributed by atoms with Crippen molar-refractivity contribution >= 4 is 0 Å². The maximum Gasteiger partial charge on any atom is 0.0793 e. The van der Waals surface area contributed by atoms with E-state index in [-0.39, 0.29) is 6.10 Å². The molecule has 2 saturated heterocycles. The fraction of sp³-hybridized carbons (Fsp3) is 1.00. The largest absolute Gasteiger partial charge is 0.390 e. The highest BCUT2D eigenvalue weighted by atomic mass is 16.3. The Bertz CT molecular complexity index is 223. The summed E-state index contributed by atoms with van der Waals surface area (Å²) in [6.07, 6.45) is 0.993. The maximum absolute atomic E-state index is 10.2. The summed E-state index contributed by atoms with van der Waals surface area (Å²) >= 11 is 0. The van der Waals surface area contributed by atoms with Crippen molar-refractivity contribution < 1.29 is 5.11 Å². The molecule has 1 atom stereocenters. The third-order valence-electron chi connectivity index (χ3n) is 3.97. The number of hydrogen-bond donors (Lipinski definition) is 2. The van der Waals surface area contributed by atoms with Gasteiger partial charge in [0.05, 0.1) is 6.10 Å². The topological polar surface area (TPSA) is 42.0 Å². The number of aliphatic hydroxyl groups excluding tert-OH is 1. The predicted molar refractivity (Wildman–Crippen MR) is 73.9 cm³/mol. The molecule has 5 heteroatoms. The van der Waals surface area contributed by atoms with Gasteiger partial charge in [0, 0.05) is 52.4 Å². The van der Waals surface area contributed by atoms with E-state index in [9.17, 15) is 5.11 Å². The molecule has 0 bridgehead atoms. The summed E-state index contributed by atoms with van der Waals surface area (Å²) in [6.45, 7) is 10.5. The molecule has 0 amide bonds. The molecule has 106 valence electrons. The van der Waals surface area contributed by atoms with Crippen LogP contribution in [0, 0.1) is 0 Å². The van der Waals surface area contributed by atoms with Crippen molar-refractivity contribution in [1.29, 1.82) is 0 Å². The van der Waals surface area contributed by atoms with Crippen LogP contribution in [0.2, 0.25) is 0 Å². The number of likely N-dealkylation sites (N-methyl/N-ethyl adjacent to an activating group) is 1. The SMILES string of the molecule is CN1CCN(C[C@H](O)CN2CCCNCC2)CC1. The van der Waals surface area contributed by atoms with Gasteiger partial charge in [0.15, 0.2) is 0 Å². The van der Waals surface area contributed by atoms with Crippen LogP contribution < -0.4 is 5.32 Å². The zero-order valence-electron chi connectivity index (χ0n) is 11.6. The minimum atomic E-state index is -0.202. The average Bonchev–Trinajstić information content (AvgIpc) is 2.61. The van der Waals surface area contributed by atoms with Crippen molar-refractivity contribution in [3.8, 4) is 0 Å². The van der Waals surface area contributed by atoms with Gasteiger partial charge in [0.1, 0.15) is 0 Å². The first-order valence-electron chi connectivity index (χ1n) is 7.26. The van der Waals surface area contributed by atoms with Crippen molar-refractivity contribution in [3.05, 3.63) is 0 Å². The summed E-state index contributed by atoms with van der Waals surface area (Å²) in [4.78, 5) is 7.13.